The first-order chi connectivity index (χ1) is 13.1. The zero-order valence-electron chi connectivity index (χ0n) is 14.9. The quantitative estimate of drug-likeness (QED) is 0.518. The fourth-order valence-electron chi connectivity index (χ4n) is 2.48. The van der Waals surface area contributed by atoms with Crippen LogP contribution in [0.3, 0.4) is 0 Å². The first-order valence-corrected chi connectivity index (χ1v) is 8.29. The molecule has 1 amide bonds. The van der Waals surface area contributed by atoms with E-state index < -0.39 is 12.0 Å². The summed E-state index contributed by atoms with van der Waals surface area (Å²) in [6.07, 6.45) is 2.22. The summed E-state index contributed by atoms with van der Waals surface area (Å²) < 4.78 is 10.8. The van der Waals surface area contributed by atoms with Crippen LogP contribution in [0.2, 0.25) is 0 Å². The highest BCUT2D eigenvalue weighted by molar-refractivity contribution is 5.88. The zero-order valence-corrected chi connectivity index (χ0v) is 14.9. The van der Waals surface area contributed by atoms with Gasteiger partial charge in [-0.25, -0.2) is 5.43 Å². The lowest BCUT2D eigenvalue weighted by Crippen LogP contribution is -2.33. The Labute approximate surface area is 156 Å². The molecule has 0 fully saturated rings. The highest BCUT2D eigenvalue weighted by Crippen LogP contribution is 2.28. The highest BCUT2D eigenvalue weighted by Gasteiger charge is 2.16. The van der Waals surface area contributed by atoms with Crippen LogP contribution in [0.15, 0.2) is 59.8 Å². The predicted molar refractivity (Wildman–Crippen MR) is 102 cm³/mol. The molecule has 0 saturated carbocycles. The summed E-state index contributed by atoms with van der Waals surface area (Å²) >= 11 is 0. The number of hydrogen-bond acceptors (Lipinski definition) is 6. The van der Waals surface area contributed by atoms with E-state index in [1.165, 1.54) is 13.3 Å². The van der Waals surface area contributed by atoms with Crippen molar-refractivity contribution < 1.29 is 19.4 Å². The van der Waals surface area contributed by atoms with Gasteiger partial charge < -0.3 is 14.6 Å². The summed E-state index contributed by atoms with van der Waals surface area (Å²) in [5, 5.41) is 14.8. The highest BCUT2D eigenvalue weighted by atomic mass is 16.5. The number of rotatable bonds is 6. The van der Waals surface area contributed by atoms with E-state index in [4.69, 9.17) is 9.47 Å². The van der Waals surface area contributed by atoms with Crippen LogP contribution in [0.5, 0.6) is 17.2 Å². The molecule has 3 aromatic rings. The lowest BCUT2D eigenvalue weighted by atomic mass is 10.2. The summed E-state index contributed by atoms with van der Waals surface area (Å²) in [4.78, 5) is 16.5. The molecule has 1 atom stereocenters. The number of ether oxygens (including phenoxy) is 2. The molecule has 138 valence electrons. The standard InChI is InChI=1S/C20H19N3O4/c1-13(27-16-9-3-6-14-8-5-11-21-18(14)16)20(25)23-22-12-15-7-4-10-17(26-2)19(15)24/h3-13,24H,1-2H3,(H,23,25)/b22-12+/t13-/m1/s1. The Morgan fingerprint density at radius 3 is 2.74 bits per heavy atom. The third-order valence-electron chi connectivity index (χ3n) is 3.90. The molecule has 0 aliphatic heterocycles. The molecule has 0 unspecified atom stereocenters. The van der Waals surface area contributed by atoms with Crippen LogP contribution in [0.25, 0.3) is 10.9 Å². The molecule has 1 heterocycles. The average molecular weight is 365 g/mol. The van der Waals surface area contributed by atoms with Crippen molar-refractivity contribution in [3.8, 4) is 17.2 Å². The maximum absolute atomic E-state index is 12.2. The van der Waals surface area contributed by atoms with Crippen molar-refractivity contribution in [2.45, 2.75) is 13.0 Å². The number of pyridine rings is 1. The lowest BCUT2D eigenvalue weighted by molar-refractivity contribution is -0.127. The second-order valence-electron chi connectivity index (χ2n) is 5.72. The van der Waals surface area contributed by atoms with Crippen molar-refractivity contribution in [3.05, 3.63) is 60.3 Å². The predicted octanol–water partition coefficient (Wildman–Crippen LogP) is 2.87. The summed E-state index contributed by atoms with van der Waals surface area (Å²) in [6, 6.07) is 14.3. The molecule has 1 aromatic heterocycles. The molecule has 0 radical (unpaired) electrons. The normalized spacial score (nSPS) is 12.1. The smallest absolute Gasteiger partial charge is 0.280 e. The minimum atomic E-state index is -0.784. The van der Waals surface area contributed by atoms with Gasteiger partial charge in [-0.15, -0.1) is 0 Å². The number of methoxy groups -OCH3 is 1. The van der Waals surface area contributed by atoms with Crippen molar-refractivity contribution in [2.24, 2.45) is 5.10 Å². The van der Waals surface area contributed by atoms with Gasteiger partial charge in [-0.2, -0.15) is 5.10 Å². The minimum Gasteiger partial charge on any atom is -0.504 e. The maximum atomic E-state index is 12.2. The second-order valence-corrected chi connectivity index (χ2v) is 5.72. The number of para-hydroxylation sites is 2. The van der Waals surface area contributed by atoms with Gasteiger partial charge >= 0.3 is 0 Å². The molecule has 2 aromatic carbocycles. The number of aromatic nitrogens is 1. The van der Waals surface area contributed by atoms with Crippen LogP contribution < -0.4 is 14.9 Å². The van der Waals surface area contributed by atoms with Crippen molar-refractivity contribution in [1.82, 2.24) is 10.4 Å². The molecule has 7 nitrogen and oxygen atoms in total. The van der Waals surface area contributed by atoms with E-state index in [-0.39, 0.29) is 5.75 Å². The molecule has 0 spiro atoms. The number of phenolic OH excluding ortho intramolecular Hbond substituents is 1. The van der Waals surface area contributed by atoms with Crippen LogP contribution in [0, 0.1) is 0 Å². The SMILES string of the molecule is COc1cccc(/C=N/NC(=O)[C@@H](C)Oc2cccc3cccnc23)c1O. The minimum absolute atomic E-state index is 0.0517. The number of nitrogens with zero attached hydrogens (tertiary/aromatic N) is 2. The van der Waals surface area contributed by atoms with Gasteiger partial charge in [-0.1, -0.05) is 24.3 Å². The molecule has 0 aliphatic carbocycles. The monoisotopic (exact) mass is 365 g/mol. The van der Waals surface area contributed by atoms with E-state index in [1.54, 1.807) is 37.4 Å². The van der Waals surface area contributed by atoms with Gasteiger partial charge in [0, 0.05) is 17.1 Å². The number of amides is 1. The number of benzene rings is 2. The van der Waals surface area contributed by atoms with Crippen molar-refractivity contribution in [1.29, 1.82) is 0 Å². The van der Waals surface area contributed by atoms with Gasteiger partial charge in [-0.3, -0.25) is 9.78 Å². The number of hydrazone groups is 1. The molecular weight excluding hydrogens is 346 g/mol. The number of aromatic hydroxyl groups is 1. The molecule has 0 aliphatic rings. The average Bonchev–Trinajstić information content (AvgIpc) is 2.69. The summed E-state index contributed by atoms with van der Waals surface area (Å²) in [7, 11) is 1.46. The first-order valence-electron chi connectivity index (χ1n) is 8.29. The molecule has 27 heavy (non-hydrogen) atoms. The van der Waals surface area contributed by atoms with Gasteiger partial charge in [0.1, 0.15) is 11.3 Å². The Bertz CT molecular complexity index is 983. The van der Waals surface area contributed by atoms with Crippen LogP contribution in [0.1, 0.15) is 12.5 Å². The summed E-state index contributed by atoms with van der Waals surface area (Å²) in [6.45, 7) is 1.62. The third-order valence-corrected chi connectivity index (χ3v) is 3.90. The fraction of sp³-hybridized carbons (Fsp3) is 0.150. The number of nitrogens with one attached hydrogen (secondary N) is 1. The van der Waals surface area contributed by atoms with Crippen molar-refractivity contribution in [3.63, 3.8) is 0 Å². The Kier molecular flexibility index (Phi) is 5.51. The fourth-order valence-corrected chi connectivity index (χ4v) is 2.48. The van der Waals surface area contributed by atoms with Crippen molar-refractivity contribution in [2.75, 3.05) is 7.11 Å². The summed E-state index contributed by atoms with van der Waals surface area (Å²) in [5.74, 6) is 0.362. The number of fused-ring (bicyclic) bond motifs is 1. The number of carbonyl (C=O) groups is 1. The van der Waals surface area contributed by atoms with Gasteiger partial charge in [0.15, 0.2) is 17.6 Å². The first kappa shape index (κ1) is 18.2. The van der Waals surface area contributed by atoms with E-state index in [0.29, 0.717) is 22.6 Å². The topological polar surface area (TPSA) is 93.0 Å². The maximum Gasteiger partial charge on any atom is 0.280 e. The molecule has 0 bridgehead atoms. The lowest BCUT2D eigenvalue weighted by Gasteiger charge is -2.14. The van der Waals surface area contributed by atoms with Gasteiger partial charge in [-0.05, 0) is 31.2 Å². The van der Waals surface area contributed by atoms with Crippen LogP contribution >= 0.6 is 0 Å². The number of hydrogen-bond donors (Lipinski definition) is 2. The molecular formula is C20H19N3O4. The van der Waals surface area contributed by atoms with Crippen LogP contribution in [-0.4, -0.2) is 35.4 Å². The second kappa shape index (κ2) is 8.18. The van der Waals surface area contributed by atoms with Crippen LogP contribution in [0.4, 0.5) is 0 Å². The summed E-state index contributed by atoms with van der Waals surface area (Å²) in [5.41, 5.74) is 3.50. The van der Waals surface area contributed by atoms with E-state index in [9.17, 15) is 9.90 Å². The van der Waals surface area contributed by atoms with Gasteiger partial charge in [0.25, 0.3) is 5.91 Å². The number of phenols is 1. The van der Waals surface area contributed by atoms with E-state index in [2.05, 4.69) is 15.5 Å². The van der Waals surface area contributed by atoms with Crippen molar-refractivity contribution >= 4 is 23.0 Å². The molecule has 0 saturated heterocycles. The van der Waals surface area contributed by atoms with E-state index in [1.807, 2.05) is 24.3 Å². The molecule has 7 heteroatoms. The Balaban J connectivity index is 1.66. The number of carbonyl (C=O) groups excluding carboxylic acids is 1. The van der Waals surface area contributed by atoms with E-state index in [0.717, 1.165) is 5.39 Å². The van der Waals surface area contributed by atoms with Gasteiger partial charge in [0.2, 0.25) is 0 Å². The molecule has 2 N–H and O–H groups in total. The Morgan fingerprint density at radius 2 is 1.93 bits per heavy atom. The zero-order chi connectivity index (χ0) is 19.2. The van der Waals surface area contributed by atoms with Crippen LogP contribution in [-0.2, 0) is 4.79 Å². The third kappa shape index (κ3) is 4.14. The molecule has 3 rings (SSSR count). The van der Waals surface area contributed by atoms with E-state index >= 15 is 0 Å². The largest absolute Gasteiger partial charge is 0.504 e. The Morgan fingerprint density at radius 1 is 1.19 bits per heavy atom. The Hall–Kier alpha value is -3.61. The van der Waals surface area contributed by atoms with Gasteiger partial charge in [0.05, 0.1) is 13.3 Å².